The van der Waals surface area contributed by atoms with E-state index in [1.807, 2.05) is 30.3 Å². The number of Topliss-reactive ketones (excluding diaryl/α,β-unsaturated/α-hetero) is 1. The monoisotopic (exact) mass is 350 g/mol. The van der Waals surface area contributed by atoms with E-state index in [-0.39, 0.29) is 18.3 Å². The van der Waals surface area contributed by atoms with Gasteiger partial charge >= 0.3 is 0 Å². The average Bonchev–Trinajstić information content (AvgIpc) is 3.31. The molecule has 0 atom stereocenters. The summed E-state index contributed by atoms with van der Waals surface area (Å²) >= 11 is 0. The fourth-order valence-corrected chi connectivity index (χ4v) is 2.58. The molecule has 0 saturated heterocycles. The summed E-state index contributed by atoms with van der Waals surface area (Å²) in [6, 6.07) is 12.4. The van der Waals surface area contributed by atoms with Gasteiger partial charge in [0.05, 0.1) is 17.6 Å². The van der Waals surface area contributed by atoms with Crippen molar-refractivity contribution >= 4 is 17.4 Å². The van der Waals surface area contributed by atoms with Crippen LogP contribution in [0.1, 0.15) is 27.8 Å². The highest BCUT2D eigenvalue weighted by molar-refractivity contribution is 6.08. The average molecular weight is 350 g/mol. The van der Waals surface area contributed by atoms with Crippen LogP contribution in [0.15, 0.2) is 48.7 Å². The molecule has 4 rings (SSSR count). The number of ether oxygens (including phenoxy) is 2. The lowest BCUT2D eigenvalue weighted by atomic mass is 10.1. The van der Waals surface area contributed by atoms with Gasteiger partial charge in [0.15, 0.2) is 23.0 Å². The smallest absolute Gasteiger partial charge is 0.277 e. The van der Waals surface area contributed by atoms with Crippen molar-refractivity contribution in [3.05, 3.63) is 59.9 Å². The van der Waals surface area contributed by atoms with Gasteiger partial charge in [-0.15, -0.1) is 5.10 Å². The van der Waals surface area contributed by atoms with E-state index in [0.717, 1.165) is 5.69 Å². The topological polar surface area (TPSA) is 95.3 Å². The maximum absolute atomic E-state index is 12.5. The number of benzene rings is 2. The number of nitrogens with zero attached hydrogens (tertiary/aromatic N) is 3. The Kier molecular flexibility index (Phi) is 3.85. The number of ketones is 1. The van der Waals surface area contributed by atoms with Gasteiger partial charge < -0.3 is 14.8 Å². The Hall–Kier alpha value is -3.68. The van der Waals surface area contributed by atoms with E-state index >= 15 is 0 Å². The highest BCUT2D eigenvalue weighted by Crippen LogP contribution is 2.37. The van der Waals surface area contributed by atoms with Crippen molar-refractivity contribution < 1.29 is 19.1 Å². The normalized spacial score (nSPS) is 12.0. The molecule has 0 unspecified atom stereocenters. The third-order valence-corrected chi connectivity index (χ3v) is 3.85. The summed E-state index contributed by atoms with van der Waals surface area (Å²) in [5, 5.41) is 11.0. The molecule has 1 aromatic heterocycles. The number of hydrogen-bond acceptors (Lipinski definition) is 6. The van der Waals surface area contributed by atoms with Gasteiger partial charge in [-0.2, -0.15) is 9.90 Å². The molecule has 2 aromatic carbocycles. The van der Waals surface area contributed by atoms with Crippen LogP contribution in [0.3, 0.4) is 0 Å². The van der Waals surface area contributed by atoms with Gasteiger partial charge in [0.2, 0.25) is 6.79 Å². The first-order chi connectivity index (χ1) is 12.6. The van der Waals surface area contributed by atoms with Gasteiger partial charge in [0.25, 0.3) is 5.91 Å². The number of anilines is 1. The van der Waals surface area contributed by atoms with Gasteiger partial charge in [-0.3, -0.25) is 9.59 Å². The number of fused-ring (bicyclic) bond motifs is 1. The Morgan fingerprint density at radius 2 is 1.85 bits per heavy atom. The third-order valence-electron chi connectivity index (χ3n) is 3.85. The molecule has 0 saturated carbocycles. The first-order valence-electron chi connectivity index (χ1n) is 7.85. The number of rotatable bonds is 4. The summed E-state index contributed by atoms with van der Waals surface area (Å²) in [5.41, 5.74) is 1.53. The number of carbonyl (C=O) groups is 2. The Morgan fingerprint density at radius 1 is 1.12 bits per heavy atom. The number of nitrogens with one attached hydrogen (secondary N) is 1. The number of carbonyl (C=O) groups excluding carboxylic acids is 2. The van der Waals surface area contributed by atoms with Gasteiger partial charge in [-0.25, -0.2) is 0 Å². The quantitative estimate of drug-likeness (QED) is 0.726. The molecule has 1 N–H and O–H groups in total. The zero-order valence-corrected chi connectivity index (χ0v) is 13.8. The number of amides is 1. The molecule has 0 radical (unpaired) electrons. The van der Waals surface area contributed by atoms with Crippen LogP contribution in [0.25, 0.3) is 5.69 Å². The molecular formula is C18H14N4O4. The summed E-state index contributed by atoms with van der Waals surface area (Å²) in [5.74, 6) is 0.265. The molecule has 1 aliphatic heterocycles. The molecule has 130 valence electrons. The van der Waals surface area contributed by atoms with Crippen LogP contribution in [-0.2, 0) is 0 Å². The lowest BCUT2D eigenvalue weighted by molar-refractivity contribution is 0.101. The minimum Gasteiger partial charge on any atom is -0.454 e. The largest absolute Gasteiger partial charge is 0.454 e. The second-order valence-corrected chi connectivity index (χ2v) is 5.62. The van der Waals surface area contributed by atoms with Crippen molar-refractivity contribution in [3.8, 4) is 17.2 Å². The second kappa shape index (κ2) is 6.32. The maximum atomic E-state index is 12.5. The minimum atomic E-state index is -0.478. The highest BCUT2D eigenvalue weighted by atomic mass is 16.7. The van der Waals surface area contributed by atoms with E-state index in [9.17, 15) is 9.59 Å². The summed E-state index contributed by atoms with van der Waals surface area (Å²) < 4.78 is 10.6. The number of para-hydroxylation sites is 1. The fraction of sp³-hybridized carbons (Fsp3) is 0.111. The van der Waals surface area contributed by atoms with Crippen molar-refractivity contribution in [2.75, 3.05) is 12.1 Å². The van der Waals surface area contributed by atoms with E-state index < -0.39 is 5.91 Å². The van der Waals surface area contributed by atoms with Crippen molar-refractivity contribution in [1.82, 2.24) is 15.0 Å². The molecule has 3 aromatic rings. The van der Waals surface area contributed by atoms with E-state index in [2.05, 4.69) is 15.5 Å². The second-order valence-electron chi connectivity index (χ2n) is 5.62. The van der Waals surface area contributed by atoms with E-state index in [1.54, 1.807) is 12.1 Å². The van der Waals surface area contributed by atoms with Crippen molar-refractivity contribution in [2.45, 2.75) is 6.92 Å². The Balaban J connectivity index is 1.61. The first kappa shape index (κ1) is 15.8. The highest BCUT2D eigenvalue weighted by Gasteiger charge is 2.21. The first-order valence-corrected chi connectivity index (χ1v) is 7.85. The molecule has 0 aliphatic carbocycles. The van der Waals surface area contributed by atoms with Crippen LogP contribution < -0.4 is 14.8 Å². The molecule has 2 heterocycles. The third kappa shape index (κ3) is 2.88. The standard InChI is InChI=1S/C18H14N4O4/c1-11(23)13-7-16-17(26-10-25-16)8-14(13)20-18(24)15-9-19-22(21-15)12-5-3-2-4-6-12/h2-9H,10H2,1H3,(H,20,24). The van der Waals surface area contributed by atoms with Gasteiger partial charge in [-0.05, 0) is 25.1 Å². The molecular weight excluding hydrogens is 336 g/mol. The molecule has 26 heavy (non-hydrogen) atoms. The van der Waals surface area contributed by atoms with Gasteiger partial charge in [0, 0.05) is 11.6 Å². The van der Waals surface area contributed by atoms with Gasteiger partial charge in [0.1, 0.15) is 0 Å². The zero-order valence-electron chi connectivity index (χ0n) is 13.8. The Labute approximate surface area is 148 Å². The molecule has 1 amide bonds. The lowest BCUT2D eigenvalue weighted by Gasteiger charge is -2.09. The van der Waals surface area contributed by atoms with Crippen molar-refractivity contribution in [1.29, 1.82) is 0 Å². The van der Waals surface area contributed by atoms with Gasteiger partial charge in [-0.1, -0.05) is 18.2 Å². The fourth-order valence-electron chi connectivity index (χ4n) is 2.58. The van der Waals surface area contributed by atoms with Crippen LogP contribution >= 0.6 is 0 Å². The van der Waals surface area contributed by atoms with Crippen LogP contribution in [0, 0.1) is 0 Å². The SMILES string of the molecule is CC(=O)c1cc2c(cc1NC(=O)c1cnn(-c3ccccc3)n1)OCO2. The summed E-state index contributed by atoms with van der Waals surface area (Å²) in [7, 11) is 0. The lowest BCUT2D eigenvalue weighted by Crippen LogP contribution is -2.15. The molecule has 8 heteroatoms. The van der Waals surface area contributed by atoms with Crippen LogP contribution in [0.2, 0.25) is 0 Å². The Bertz CT molecular complexity index is 998. The maximum Gasteiger partial charge on any atom is 0.277 e. The predicted octanol–water partition coefficient (Wildman–Crippen LogP) is 2.45. The molecule has 0 bridgehead atoms. The molecule has 0 fully saturated rings. The summed E-state index contributed by atoms with van der Waals surface area (Å²) in [6.07, 6.45) is 1.36. The number of hydrogen-bond donors (Lipinski definition) is 1. The molecule has 1 aliphatic rings. The molecule has 0 spiro atoms. The predicted molar refractivity (Wildman–Crippen MR) is 91.9 cm³/mol. The zero-order chi connectivity index (χ0) is 18.1. The molecule has 8 nitrogen and oxygen atoms in total. The number of aromatic nitrogens is 3. The van der Waals surface area contributed by atoms with Crippen LogP contribution in [0.5, 0.6) is 11.5 Å². The summed E-state index contributed by atoms with van der Waals surface area (Å²) in [6.45, 7) is 1.49. The van der Waals surface area contributed by atoms with E-state index in [1.165, 1.54) is 17.9 Å². The van der Waals surface area contributed by atoms with Crippen molar-refractivity contribution in [3.63, 3.8) is 0 Å². The Morgan fingerprint density at radius 3 is 2.58 bits per heavy atom. The van der Waals surface area contributed by atoms with Crippen LogP contribution in [0.4, 0.5) is 5.69 Å². The van der Waals surface area contributed by atoms with Crippen molar-refractivity contribution in [2.24, 2.45) is 0 Å². The van der Waals surface area contributed by atoms with Crippen LogP contribution in [-0.4, -0.2) is 33.5 Å². The minimum absolute atomic E-state index is 0.0788. The van der Waals surface area contributed by atoms with E-state index in [0.29, 0.717) is 22.7 Å². The van der Waals surface area contributed by atoms with E-state index in [4.69, 9.17) is 9.47 Å². The summed E-state index contributed by atoms with van der Waals surface area (Å²) in [4.78, 5) is 25.8.